The van der Waals surface area contributed by atoms with E-state index >= 15 is 0 Å². The van der Waals surface area contributed by atoms with Crippen LogP contribution in [0.4, 0.5) is 0 Å². The van der Waals surface area contributed by atoms with Crippen molar-refractivity contribution in [1.29, 1.82) is 0 Å². The van der Waals surface area contributed by atoms with Crippen molar-refractivity contribution in [3.63, 3.8) is 0 Å². The van der Waals surface area contributed by atoms with E-state index in [9.17, 15) is 9.59 Å². The Hall–Kier alpha value is -2.42. The normalized spacial score (nSPS) is 18.7. The number of carbonyl (C=O) groups is 2. The molecule has 0 saturated heterocycles. The van der Waals surface area contributed by atoms with Crippen LogP contribution < -0.4 is 0 Å². The Morgan fingerprint density at radius 2 is 1.71 bits per heavy atom. The molecule has 0 aromatic heterocycles. The summed E-state index contributed by atoms with van der Waals surface area (Å²) >= 11 is 0. The molecule has 0 spiro atoms. The van der Waals surface area contributed by atoms with E-state index < -0.39 is 12.0 Å². The Morgan fingerprint density at radius 1 is 1.00 bits per heavy atom. The second-order valence-corrected chi connectivity index (χ2v) is 9.21. The molecule has 3 unspecified atom stereocenters. The lowest BCUT2D eigenvalue weighted by molar-refractivity contribution is -0.155. The van der Waals surface area contributed by atoms with Crippen molar-refractivity contribution >= 4 is 11.8 Å². The minimum absolute atomic E-state index is 0.0626. The van der Waals surface area contributed by atoms with Crippen LogP contribution in [-0.4, -0.2) is 11.8 Å². The molecule has 31 heavy (non-hydrogen) atoms. The highest BCUT2D eigenvalue weighted by Gasteiger charge is 2.45. The molecule has 2 aromatic carbocycles. The van der Waals surface area contributed by atoms with Gasteiger partial charge >= 0.3 is 5.97 Å². The van der Waals surface area contributed by atoms with Crippen molar-refractivity contribution in [3.8, 4) is 0 Å². The Balaban J connectivity index is 2.09. The maximum atomic E-state index is 13.7. The van der Waals surface area contributed by atoms with Crippen LogP contribution in [0.5, 0.6) is 0 Å². The molecular formula is C28H36O3. The van der Waals surface area contributed by atoms with Crippen molar-refractivity contribution in [1.82, 2.24) is 0 Å². The minimum atomic E-state index is -0.563. The zero-order valence-electron chi connectivity index (χ0n) is 20.1. The van der Waals surface area contributed by atoms with Crippen molar-refractivity contribution < 1.29 is 14.3 Å². The van der Waals surface area contributed by atoms with Crippen molar-refractivity contribution in [2.24, 2.45) is 5.92 Å². The predicted octanol–water partition coefficient (Wildman–Crippen LogP) is 7.01. The molecule has 1 aliphatic carbocycles. The largest absolute Gasteiger partial charge is 0.456 e. The topological polar surface area (TPSA) is 43.4 Å². The van der Waals surface area contributed by atoms with Crippen LogP contribution >= 0.6 is 0 Å². The van der Waals surface area contributed by atoms with Gasteiger partial charge in [0.05, 0.1) is 11.8 Å². The first-order valence-corrected chi connectivity index (χ1v) is 11.6. The molecule has 0 bridgehead atoms. The van der Waals surface area contributed by atoms with Gasteiger partial charge in [-0.05, 0) is 81.3 Å². The number of carbonyl (C=O) groups excluding carboxylic acids is 2. The first kappa shape index (κ1) is 23.2. The molecule has 0 fully saturated rings. The number of unbranched alkanes of at least 4 members (excludes halogenated alkanes) is 1. The Kier molecular flexibility index (Phi) is 7.03. The van der Waals surface area contributed by atoms with Gasteiger partial charge in [0, 0.05) is 11.1 Å². The van der Waals surface area contributed by atoms with Gasteiger partial charge in [-0.3, -0.25) is 9.59 Å². The molecule has 3 nitrogen and oxygen atoms in total. The molecule has 3 heteroatoms. The second kappa shape index (κ2) is 9.38. The highest BCUT2D eigenvalue weighted by atomic mass is 16.5. The van der Waals surface area contributed by atoms with Gasteiger partial charge in [-0.25, -0.2) is 0 Å². The van der Waals surface area contributed by atoms with E-state index in [0.29, 0.717) is 5.56 Å². The quantitative estimate of drug-likeness (QED) is 0.453. The maximum absolute atomic E-state index is 13.7. The Morgan fingerprint density at radius 3 is 2.35 bits per heavy atom. The summed E-state index contributed by atoms with van der Waals surface area (Å²) in [6.07, 6.45) is 3.09. The number of esters is 1. The Labute approximate surface area is 187 Å². The molecule has 0 aliphatic heterocycles. The fourth-order valence-electron chi connectivity index (χ4n) is 4.94. The molecule has 3 rings (SSSR count). The number of hydrogen-bond acceptors (Lipinski definition) is 3. The molecule has 0 amide bonds. The lowest BCUT2D eigenvalue weighted by Gasteiger charge is -2.25. The van der Waals surface area contributed by atoms with Gasteiger partial charge in [0.25, 0.3) is 0 Å². The summed E-state index contributed by atoms with van der Waals surface area (Å²) in [6, 6.07) is 8.15. The first-order chi connectivity index (χ1) is 14.7. The van der Waals surface area contributed by atoms with Gasteiger partial charge in [0.1, 0.15) is 6.10 Å². The number of benzene rings is 2. The lowest BCUT2D eigenvalue weighted by atomic mass is 9.86. The highest BCUT2D eigenvalue weighted by molar-refractivity contribution is 6.07. The molecule has 0 N–H and O–H groups in total. The molecule has 0 heterocycles. The highest BCUT2D eigenvalue weighted by Crippen LogP contribution is 2.48. The zero-order chi connectivity index (χ0) is 22.9. The minimum Gasteiger partial charge on any atom is -0.456 e. The zero-order valence-corrected chi connectivity index (χ0v) is 20.1. The van der Waals surface area contributed by atoms with Crippen LogP contribution in [-0.2, 0) is 9.53 Å². The predicted molar refractivity (Wildman–Crippen MR) is 126 cm³/mol. The summed E-state index contributed by atoms with van der Waals surface area (Å²) in [5, 5.41) is 0. The van der Waals surface area contributed by atoms with Crippen LogP contribution in [0.2, 0.25) is 0 Å². The van der Waals surface area contributed by atoms with E-state index in [0.717, 1.165) is 53.5 Å². The number of fused-ring (bicyclic) bond motifs is 1. The van der Waals surface area contributed by atoms with Crippen LogP contribution in [0.25, 0.3) is 0 Å². The molecule has 166 valence electrons. The third-order valence-corrected chi connectivity index (χ3v) is 7.08. The summed E-state index contributed by atoms with van der Waals surface area (Å²) in [4.78, 5) is 26.8. The number of Topliss-reactive ketones (excluding diaryl/α,β-unsaturated/α-hetero) is 1. The smallest absolute Gasteiger partial charge is 0.309 e. The SMILES string of the molecule is CCCCC(CC)C(=O)OC1c2c(C)cc(C)cc2C(=O)C1c1ccc(C)c(C)c1C. The van der Waals surface area contributed by atoms with Crippen LogP contribution in [0.3, 0.4) is 0 Å². The van der Waals surface area contributed by atoms with Gasteiger partial charge in [-0.15, -0.1) is 0 Å². The molecule has 0 saturated carbocycles. The van der Waals surface area contributed by atoms with E-state index in [2.05, 4.69) is 39.8 Å². The Bertz CT molecular complexity index is 1000. The average Bonchev–Trinajstić information content (AvgIpc) is 2.99. The number of hydrogen-bond donors (Lipinski definition) is 0. The van der Waals surface area contributed by atoms with Crippen molar-refractivity contribution in [2.45, 2.75) is 86.2 Å². The average molecular weight is 421 g/mol. The van der Waals surface area contributed by atoms with E-state index in [4.69, 9.17) is 4.74 Å². The second-order valence-electron chi connectivity index (χ2n) is 9.21. The summed E-state index contributed by atoms with van der Waals surface area (Å²) in [5.74, 6) is -0.714. The van der Waals surface area contributed by atoms with Crippen LogP contribution in [0, 0.1) is 40.5 Å². The lowest BCUT2D eigenvalue weighted by Crippen LogP contribution is -2.24. The molecule has 2 aromatic rings. The van der Waals surface area contributed by atoms with Gasteiger partial charge in [-0.1, -0.05) is 50.5 Å². The molecule has 1 aliphatic rings. The standard InChI is InChI=1S/C28H36O3/c1-8-10-11-21(9-2)28(30)31-27-24-18(5)14-16(3)15-23(24)26(29)25(27)22-13-12-17(4)19(6)20(22)7/h12-15,21,25,27H,8-11H2,1-7H3. The van der Waals surface area contributed by atoms with Gasteiger partial charge < -0.3 is 4.74 Å². The third-order valence-electron chi connectivity index (χ3n) is 7.08. The summed E-state index contributed by atoms with van der Waals surface area (Å²) in [6.45, 7) is 14.4. The first-order valence-electron chi connectivity index (χ1n) is 11.6. The van der Waals surface area contributed by atoms with E-state index in [1.807, 2.05) is 32.9 Å². The van der Waals surface area contributed by atoms with Gasteiger partial charge in [0.2, 0.25) is 0 Å². The number of rotatable bonds is 7. The van der Waals surface area contributed by atoms with Crippen LogP contribution in [0.15, 0.2) is 24.3 Å². The van der Waals surface area contributed by atoms with E-state index in [1.54, 1.807) is 0 Å². The van der Waals surface area contributed by atoms with Crippen molar-refractivity contribution in [2.75, 3.05) is 0 Å². The summed E-state index contributed by atoms with van der Waals surface area (Å²) < 4.78 is 6.21. The summed E-state index contributed by atoms with van der Waals surface area (Å²) in [5.41, 5.74) is 8.15. The fourth-order valence-corrected chi connectivity index (χ4v) is 4.94. The third kappa shape index (κ3) is 4.33. The fraction of sp³-hybridized carbons (Fsp3) is 0.500. The molecule has 3 atom stereocenters. The van der Waals surface area contributed by atoms with Crippen molar-refractivity contribution in [3.05, 3.63) is 68.8 Å². The molecule has 0 radical (unpaired) electrons. The van der Waals surface area contributed by atoms with E-state index in [-0.39, 0.29) is 17.7 Å². The maximum Gasteiger partial charge on any atom is 0.309 e. The summed E-state index contributed by atoms with van der Waals surface area (Å²) in [7, 11) is 0. The number of ether oxygens (including phenoxy) is 1. The molecular weight excluding hydrogens is 384 g/mol. The van der Waals surface area contributed by atoms with E-state index in [1.165, 1.54) is 11.1 Å². The van der Waals surface area contributed by atoms with Gasteiger partial charge in [0.15, 0.2) is 5.78 Å². The number of aryl methyl sites for hydroxylation is 3. The number of ketones is 1. The monoisotopic (exact) mass is 420 g/mol. The van der Waals surface area contributed by atoms with Gasteiger partial charge in [-0.2, -0.15) is 0 Å². The van der Waals surface area contributed by atoms with Crippen LogP contribution in [0.1, 0.15) is 101 Å².